The second-order valence-corrected chi connectivity index (χ2v) is 8.48. The molecule has 1 heterocycles. The summed E-state index contributed by atoms with van der Waals surface area (Å²) in [5.74, 6) is -0.115. The topological polar surface area (TPSA) is 78.6 Å². The first kappa shape index (κ1) is 21.0. The van der Waals surface area contributed by atoms with Crippen molar-refractivity contribution in [1.29, 1.82) is 0 Å². The molecule has 1 atom stereocenters. The summed E-state index contributed by atoms with van der Waals surface area (Å²) in [6.45, 7) is 1.18. The van der Waals surface area contributed by atoms with Gasteiger partial charge >= 0.3 is 0 Å². The lowest BCUT2D eigenvalue weighted by Crippen LogP contribution is -2.39. The number of nitrogen functional groups attached to an aromatic ring is 1. The number of carbonyl (C=O) groups excluding carboxylic acids is 1. The van der Waals surface area contributed by atoms with E-state index < -0.39 is 6.23 Å². The molecular weight excluding hydrogens is 410 g/mol. The van der Waals surface area contributed by atoms with Crippen molar-refractivity contribution in [2.75, 3.05) is 24.1 Å². The highest BCUT2D eigenvalue weighted by Gasteiger charge is 2.32. The van der Waals surface area contributed by atoms with E-state index in [-0.39, 0.29) is 5.91 Å². The lowest BCUT2D eigenvalue weighted by molar-refractivity contribution is 0.00484. The van der Waals surface area contributed by atoms with Crippen LogP contribution in [-0.4, -0.2) is 29.0 Å². The average Bonchev–Trinajstić information content (AvgIpc) is 2.84. The van der Waals surface area contributed by atoms with Gasteiger partial charge in [0.2, 0.25) is 0 Å². The van der Waals surface area contributed by atoms with Crippen LogP contribution < -0.4 is 11.1 Å². The number of nitrogens with one attached hydrogen (secondary N) is 1. The Kier molecular flexibility index (Phi) is 5.71. The number of nitrogens with zero attached hydrogens (tertiary/aromatic N) is 1. The van der Waals surface area contributed by atoms with E-state index in [1.54, 1.807) is 4.90 Å². The first-order valence-electron chi connectivity index (χ1n) is 11.3. The van der Waals surface area contributed by atoms with Crippen molar-refractivity contribution in [3.63, 3.8) is 0 Å². The predicted molar refractivity (Wildman–Crippen MR) is 133 cm³/mol. The van der Waals surface area contributed by atoms with Crippen molar-refractivity contribution in [2.45, 2.75) is 19.1 Å². The Morgan fingerprint density at radius 3 is 2.45 bits per heavy atom. The van der Waals surface area contributed by atoms with Gasteiger partial charge in [0.05, 0.1) is 0 Å². The lowest BCUT2D eigenvalue weighted by atomic mass is 9.93. The van der Waals surface area contributed by atoms with Gasteiger partial charge in [-0.3, -0.25) is 4.79 Å². The number of carbonyl (C=O) groups is 1. The number of benzene rings is 4. The lowest BCUT2D eigenvalue weighted by Gasteiger charge is -2.33. The third kappa shape index (κ3) is 4.15. The maximum absolute atomic E-state index is 13.0. The van der Waals surface area contributed by atoms with Gasteiger partial charge in [0.1, 0.15) is 0 Å². The zero-order valence-corrected chi connectivity index (χ0v) is 18.4. The first-order chi connectivity index (χ1) is 16.1. The van der Waals surface area contributed by atoms with E-state index in [9.17, 15) is 9.90 Å². The molecule has 4 aromatic carbocycles. The molecule has 0 saturated carbocycles. The van der Waals surface area contributed by atoms with Crippen LogP contribution in [0.3, 0.4) is 0 Å². The van der Waals surface area contributed by atoms with Gasteiger partial charge in [-0.25, -0.2) is 0 Å². The summed E-state index contributed by atoms with van der Waals surface area (Å²) in [5.41, 5.74) is 11.7. The van der Waals surface area contributed by atoms with Crippen LogP contribution in [0.25, 0.3) is 10.8 Å². The molecule has 0 spiro atoms. The van der Waals surface area contributed by atoms with E-state index in [1.165, 1.54) is 5.56 Å². The largest absolute Gasteiger partial charge is 0.398 e. The highest BCUT2D eigenvalue weighted by molar-refractivity contribution is 6.10. The number of amides is 1. The van der Waals surface area contributed by atoms with Crippen molar-refractivity contribution < 1.29 is 9.90 Å². The van der Waals surface area contributed by atoms with Gasteiger partial charge in [0, 0.05) is 41.0 Å². The van der Waals surface area contributed by atoms with Gasteiger partial charge in [0.15, 0.2) is 6.23 Å². The van der Waals surface area contributed by atoms with E-state index in [0.29, 0.717) is 18.7 Å². The summed E-state index contributed by atoms with van der Waals surface area (Å²) < 4.78 is 0. The third-order valence-electron chi connectivity index (χ3n) is 6.31. The summed E-state index contributed by atoms with van der Waals surface area (Å²) in [6.07, 6.45) is 0.611. The van der Waals surface area contributed by atoms with Gasteiger partial charge in [0.25, 0.3) is 5.91 Å². The fraction of sp³-hybridized carbons (Fsp3) is 0.179. The van der Waals surface area contributed by atoms with Crippen LogP contribution in [0, 0.1) is 0 Å². The summed E-state index contributed by atoms with van der Waals surface area (Å²) in [6, 6.07) is 27.8. The van der Waals surface area contributed by atoms with Crippen molar-refractivity contribution in [3.8, 4) is 0 Å². The Hall–Kier alpha value is -3.83. The number of para-hydroxylation sites is 1. The fourth-order valence-electron chi connectivity index (χ4n) is 4.56. The summed E-state index contributed by atoms with van der Waals surface area (Å²) >= 11 is 0. The molecule has 1 unspecified atom stereocenters. The second kappa shape index (κ2) is 8.96. The minimum atomic E-state index is -0.916. The molecule has 4 aromatic rings. The maximum atomic E-state index is 13.0. The minimum absolute atomic E-state index is 0.115. The van der Waals surface area contributed by atoms with Crippen LogP contribution in [0.2, 0.25) is 0 Å². The van der Waals surface area contributed by atoms with Crippen molar-refractivity contribution in [3.05, 3.63) is 107 Å². The zero-order chi connectivity index (χ0) is 22.8. The van der Waals surface area contributed by atoms with Crippen molar-refractivity contribution in [2.24, 2.45) is 0 Å². The Balaban J connectivity index is 1.18. The molecule has 1 amide bonds. The molecule has 5 nitrogen and oxygen atoms in total. The monoisotopic (exact) mass is 437 g/mol. The number of aliphatic hydroxyl groups excluding tert-OH is 1. The predicted octanol–water partition coefficient (Wildman–Crippen LogP) is 4.96. The smallest absolute Gasteiger partial charge is 0.256 e. The summed E-state index contributed by atoms with van der Waals surface area (Å²) in [7, 11) is 0. The fourth-order valence-corrected chi connectivity index (χ4v) is 4.56. The molecule has 5 rings (SSSR count). The SMILES string of the molecule is Nc1ccccc1Cc1ccc(NCCCN2C(=O)c3cccc4cccc(c34)C2O)cc1. The van der Waals surface area contributed by atoms with E-state index in [2.05, 4.69) is 35.6 Å². The van der Waals surface area contributed by atoms with Crippen LogP contribution in [0.1, 0.15) is 39.7 Å². The Morgan fingerprint density at radius 2 is 1.67 bits per heavy atom. The Morgan fingerprint density at radius 1 is 0.909 bits per heavy atom. The van der Waals surface area contributed by atoms with Crippen LogP contribution in [-0.2, 0) is 6.42 Å². The van der Waals surface area contributed by atoms with Gasteiger partial charge in [-0.15, -0.1) is 0 Å². The highest BCUT2D eigenvalue weighted by Crippen LogP contribution is 2.35. The number of anilines is 2. The molecule has 1 aliphatic rings. The van der Waals surface area contributed by atoms with E-state index >= 15 is 0 Å². The number of nitrogens with two attached hydrogens (primary N) is 1. The number of rotatable bonds is 7. The number of hydrogen-bond acceptors (Lipinski definition) is 4. The zero-order valence-electron chi connectivity index (χ0n) is 18.4. The first-order valence-corrected chi connectivity index (χ1v) is 11.3. The highest BCUT2D eigenvalue weighted by atomic mass is 16.3. The molecule has 33 heavy (non-hydrogen) atoms. The van der Waals surface area contributed by atoms with Crippen LogP contribution in [0.4, 0.5) is 11.4 Å². The molecule has 0 aliphatic carbocycles. The molecular formula is C28H27N3O2. The Bertz CT molecular complexity index is 1300. The van der Waals surface area contributed by atoms with Gasteiger partial charge in [-0.1, -0.05) is 60.7 Å². The van der Waals surface area contributed by atoms with E-state index in [0.717, 1.165) is 46.1 Å². The molecule has 166 valence electrons. The summed E-state index contributed by atoms with van der Waals surface area (Å²) in [4.78, 5) is 14.6. The molecule has 0 fully saturated rings. The van der Waals surface area contributed by atoms with Crippen molar-refractivity contribution >= 4 is 28.1 Å². The van der Waals surface area contributed by atoms with Crippen LogP contribution in [0.15, 0.2) is 84.9 Å². The molecule has 0 bridgehead atoms. The number of hydrogen-bond donors (Lipinski definition) is 3. The third-order valence-corrected chi connectivity index (χ3v) is 6.31. The van der Waals surface area contributed by atoms with Crippen LogP contribution in [0.5, 0.6) is 0 Å². The van der Waals surface area contributed by atoms with E-state index in [1.807, 2.05) is 54.6 Å². The molecule has 5 heteroatoms. The van der Waals surface area contributed by atoms with Gasteiger partial charge in [-0.05, 0) is 53.6 Å². The average molecular weight is 438 g/mol. The molecule has 0 radical (unpaired) electrons. The van der Waals surface area contributed by atoms with E-state index in [4.69, 9.17) is 5.73 Å². The Labute approximate surface area is 193 Å². The normalized spacial score (nSPS) is 15.1. The molecule has 1 aliphatic heterocycles. The molecule has 0 saturated heterocycles. The molecule has 0 aromatic heterocycles. The quantitative estimate of drug-likeness (QED) is 0.282. The standard InChI is InChI=1S/C28H27N3O2/c29-25-11-2-1-6-21(25)18-19-12-14-22(15-13-19)30-16-5-17-31-27(32)23-9-3-7-20-8-4-10-24(26(20)23)28(31)33/h1-4,6-15,27,30,32H,5,16-18,29H2. The molecule has 4 N–H and O–H groups in total. The van der Waals surface area contributed by atoms with Crippen LogP contribution >= 0.6 is 0 Å². The van der Waals surface area contributed by atoms with Gasteiger partial charge < -0.3 is 21.1 Å². The van der Waals surface area contributed by atoms with Gasteiger partial charge in [-0.2, -0.15) is 0 Å². The maximum Gasteiger partial charge on any atom is 0.256 e. The van der Waals surface area contributed by atoms with Crippen molar-refractivity contribution in [1.82, 2.24) is 4.90 Å². The summed E-state index contributed by atoms with van der Waals surface area (Å²) in [5, 5.41) is 16.1. The minimum Gasteiger partial charge on any atom is -0.398 e. The number of aliphatic hydroxyl groups is 1. The second-order valence-electron chi connectivity index (χ2n) is 8.48.